The molecule has 0 aromatic heterocycles. The van der Waals surface area contributed by atoms with E-state index >= 15 is 0 Å². The molecule has 2 unspecified atom stereocenters. The lowest BCUT2D eigenvalue weighted by Crippen LogP contribution is -2.28. The Morgan fingerprint density at radius 1 is 0.189 bits per heavy atom. The van der Waals surface area contributed by atoms with Crippen molar-refractivity contribution in [2.75, 3.05) is 0 Å². The third kappa shape index (κ3) is 16.0. The molecule has 17 aromatic rings. The maximum atomic E-state index is 2.31. The number of hydrogen-bond donors (Lipinski definition) is 0. The Kier molecular flexibility index (Phi) is 21.9. The number of benzene rings is 17. The first kappa shape index (κ1) is 70.6. The van der Waals surface area contributed by atoms with Crippen molar-refractivity contribution in [3.8, 4) is 0 Å². The first-order chi connectivity index (χ1) is 51.9. The van der Waals surface area contributed by atoms with Gasteiger partial charge in [-0.15, -0.1) is 0 Å². The van der Waals surface area contributed by atoms with Gasteiger partial charge in [0.15, 0.2) is 0 Å². The fourth-order valence-electron chi connectivity index (χ4n) is 15.4. The van der Waals surface area contributed by atoms with Crippen LogP contribution < -0.4 is 0 Å². The molecule has 0 N–H and O–H groups in total. The van der Waals surface area contributed by atoms with Crippen molar-refractivity contribution in [3.63, 3.8) is 0 Å². The quantitative estimate of drug-likeness (QED) is 0.105. The highest BCUT2D eigenvalue weighted by Gasteiger charge is 2.37. The molecule has 0 aliphatic heterocycles. The highest BCUT2D eigenvalue weighted by molar-refractivity contribution is 6.10. The van der Waals surface area contributed by atoms with Gasteiger partial charge in [0.1, 0.15) is 0 Å². The predicted molar refractivity (Wildman–Crippen MR) is 465 cm³/mol. The molecule has 0 saturated heterocycles. The van der Waals surface area contributed by atoms with Gasteiger partial charge < -0.3 is 0 Å². The summed E-state index contributed by atoms with van der Waals surface area (Å²) < 4.78 is 0. The summed E-state index contributed by atoms with van der Waals surface area (Å²) in [6.07, 6.45) is 20.4. The van der Waals surface area contributed by atoms with Gasteiger partial charge in [-0.05, 0) is 219 Å². The van der Waals surface area contributed by atoms with E-state index in [0.29, 0.717) is 11.8 Å². The lowest BCUT2D eigenvalue weighted by atomic mass is 9.64. The molecule has 0 fully saturated rings. The van der Waals surface area contributed by atoms with Gasteiger partial charge in [-0.3, -0.25) is 0 Å². The minimum atomic E-state index is 0.555. The van der Waals surface area contributed by atoms with Crippen LogP contribution in [0.3, 0.4) is 0 Å². The number of rotatable bonds is 0. The summed E-state index contributed by atoms with van der Waals surface area (Å²) in [7, 11) is 0. The van der Waals surface area contributed by atoms with Gasteiger partial charge in [0, 0.05) is 11.8 Å². The van der Waals surface area contributed by atoms with E-state index in [1.54, 1.807) is 0 Å². The van der Waals surface area contributed by atoms with Crippen molar-refractivity contribution in [2.45, 2.75) is 55.4 Å². The third-order valence-electron chi connectivity index (χ3n) is 21.0. The molecule has 17 aromatic carbocycles. The number of fused-ring (bicyclic) bond motifs is 13. The number of aryl methyl sites for hydroxylation is 7. The average molecular weight is 1360 g/mol. The molecule has 0 heterocycles. The van der Waals surface area contributed by atoms with Crippen molar-refractivity contribution >= 4 is 108 Å². The van der Waals surface area contributed by atoms with Gasteiger partial charge in [-0.1, -0.05) is 399 Å². The highest BCUT2D eigenvalue weighted by atomic mass is 14.4. The Labute approximate surface area is 626 Å². The van der Waals surface area contributed by atoms with Crippen LogP contribution in [0.15, 0.2) is 416 Å². The van der Waals surface area contributed by atoms with Crippen LogP contribution in [-0.2, 0) is 0 Å². The zero-order valence-corrected chi connectivity index (χ0v) is 62.1. The summed E-state index contributed by atoms with van der Waals surface area (Å²) in [5.41, 5.74) is 16.7. The summed E-state index contributed by atoms with van der Waals surface area (Å²) >= 11 is 0. The van der Waals surface area contributed by atoms with Crippen LogP contribution in [-0.4, -0.2) is 0 Å². The predicted octanol–water partition coefficient (Wildman–Crippen LogP) is 29.5. The van der Waals surface area contributed by atoms with Gasteiger partial charge in [-0.25, -0.2) is 0 Å². The Hall–Kier alpha value is -12.5. The minimum Gasteiger partial charge on any atom is -0.0622 e. The van der Waals surface area contributed by atoms with E-state index in [2.05, 4.69) is 426 Å². The molecular weight excluding hydrogens is 1270 g/mol. The molecule has 2 atom stereocenters. The number of hydrogen-bond acceptors (Lipinski definition) is 0. The van der Waals surface area contributed by atoms with Crippen molar-refractivity contribution in [3.05, 3.63) is 455 Å². The second-order valence-electron chi connectivity index (χ2n) is 28.3. The Morgan fingerprint density at radius 2 is 0.557 bits per heavy atom. The average Bonchev–Trinajstić information content (AvgIpc) is 0.748. The largest absolute Gasteiger partial charge is 0.0622 e. The third-order valence-corrected chi connectivity index (χ3v) is 21.0. The van der Waals surface area contributed by atoms with E-state index in [1.165, 1.54) is 175 Å². The van der Waals surface area contributed by atoms with Crippen LogP contribution in [0.25, 0.3) is 108 Å². The van der Waals surface area contributed by atoms with E-state index in [0.717, 1.165) is 0 Å². The van der Waals surface area contributed by atoms with Crippen LogP contribution in [0, 0.1) is 60.3 Å². The molecule has 0 saturated carbocycles. The first-order valence-electron chi connectivity index (χ1n) is 37.2. The molecule has 0 bridgehead atoms. The summed E-state index contributed by atoms with van der Waals surface area (Å²) in [4.78, 5) is 0. The molecule has 21 rings (SSSR count). The van der Waals surface area contributed by atoms with Crippen LogP contribution in [0.4, 0.5) is 0 Å². The summed E-state index contributed by atoms with van der Waals surface area (Å²) in [6.45, 7) is 17.2. The fraction of sp³-hybridized carbons (Fsp3) is 0.0943. The Balaban J connectivity index is 0.000000103. The monoisotopic (exact) mass is 1360 g/mol. The lowest BCUT2D eigenvalue weighted by Gasteiger charge is -2.40. The first-order valence-corrected chi connectivity index (χ1v) is 37.2. The Bertz CT molecular complexity index is 6190. The van der Waals surface area contributed by atoms with E-state index in [9.17, 15) is 0 Å². The number of allylic oxidation sites excluding steroid dienone is 14. The standard InChI is InChI=1S/C17H14.4C15H12.2C11H10.C7H8/c1-11-5-6-14-8-7-12-3-2-4-13-9-10-15(11)17(14)16(12)13;1-11-14-8-4-2-6-12(14)10-13-7-3-5-9-15(11)13;1-11-10-12-6-2-3-8-14(12)15-9-5-4-7-13(11)15;1-11-5-4-8-15-13(11)10-9-12-6-2-3-7-14(12)15;1-11-6-9-15-13(10-11)8-7-12-4-2-3-5-14(12)15;1-9-5-4-7-10-6-2-3-8-11(9)10;1-9-6-7-10-4-2-3-5-11(10)8-9;1-7-5-3-2-4-6-7/h2-10,16-17H,1H3;4*2-10H,1H3;2*2-8H,1H3;2-6H,1H3. The summed E-state index contributed by atoms with van der Waals surface area (Å²) in [5, 5.41) is 26.8. The minimum absolute atomic E-state index is 0.555. The molecule has 0 amide bonds. The summed E-state index contributed by atoms with van der Waals surface area (Å²) in [6, 6.07) is 118. The fourth-order valence-corrected chi connectivity index (χ4v) is 15.4. The highest BCUT2D eigenvalue weighted by Crippen LogP contribution is 2.49. The van der Waals surface area contributed by atoms with Crippen molar-refractivity contribution in [2.24, 2.45) is 11.8 Å². The van der Waals surface area contributed by atoms with E-state index in [4.69, 9.17) is 0 Å². The molecule has 4 aliphatic carbocycles. The van der Waals surface area contributed by atoms with E-state index in [1.807, 2.05) is 18.2 Å². The Morgan fingerprint density at radius 3 is 1.17 bits per heavy atom. The normalized spacial score (nSPS) is 14.1. The zero-order chi connectivity index (χ0) is 72.9. The SMILES string of the molecule is CC1=C2C=CC3=CC=CC4=CC=C(C=C1)C2C34.Cc1c2ccccc2cc2ccccc12.Cc1cc2ccccc2c2ccccc12.Cc1ccc2c(ccc3ccccc32)c1.Cc1ccc2ccccc2c1.Cc1cccc2c1ccc1ccccc12.Cc1cccc2ccccc12.Cc1ccccc1. The van der Waals surface area contributed by atoms with E-state index < -0.39 is 0 Å². The maximum absolute atomic E-state index is 2.31. The molecule has 0 spiro atoms. The zero-order valence-electron chi connectivity index (χ0n) is 62.1. The molecule has 514 valence electrons. The molecule has 0 heteroatoms. The van der Waals surface area contributed by atoms with Gasteiger partial charge >= 0.3 is 0 Å². The molecule has 106 heavy (non-hydrogen) atoms. The van der Waals surface area contributed by atoms with Gasteiger partial charge in [0.25, 0.3) is 0 Å². The van der Waals surface area contributed by atoms with Gasteiger partial charge in [0.2, 0.25) is 0 Å². The van der Waals surface area contributed by atoms with E-state index in [-0.39, 0.29) is 0 Å². The van der Waals surface area contributed by atoms with Crippen molar-refractivity contribution < 1.29 is 0 Å². The van der Waals surface area contributed by atoms with Crippen molar-refractivity contribution in [1.29, 1.82) is 0 Å². The molecule has 4 aliphatic rings. The van der Waals surface area contributed by atoms with Crippen LogP contribution >= 0.6 is 0 Å². The van der Waals surface area contributed by atoms with Gasteiger partial charge in [-0.2, -0.15) is 0 Å². The second-order valence-corrected chi connectivity index (χ2v) is 28.3. The lowest BCUT2D eigenvalue weighted by molar-refractivity contribution is 0.560. The van der Waals surface area contributed by atoms with Crippen molar-refractivity contribution in [1.82, 2.24) is 0 Å². The molecule has 0 radical (unpaired) electrons. The molecule has 0 nitrogen and oxygen atoms in total. The topological polar surface area (TPSA) is 0 Å². The smallest absolute Gasteiger partial charge is 0.0201 e. The molecular formula is C106H90. The maximum Gasteiger partial charge on any atom is 0.0201 e. The van der Waals surface area contributed by atoms with Crippen LogP contribution in [0.2, 0.25) is 0 Å². The van der Waals surface area contributed by atoms with Gasteiger partial charge in [0.05, 0.1) is 0 Å². The van der Waals surface area contributed by atoms with Crippen LogP contribution in [0.1, 0.15) is 45.9 Å². The second kappa shape index (κ2) is 32.9. The summed E-state index contributed by atoms with van der Waals surface area (Å²) in [5.74, 6) is 1.11. The van der Waals surface area contributed by atoms with Crippen LogP contribution in [0.5, 0.6) is 0 Å².